The lowest BCUT2D eigenvalue weighted by atomic mass is 10.2. The summed E-state index contributed by atoms with van der Waals surface area (Å²) in [6.45, 7) is 3.29. The maximum Gasteiger partial charge on any atom is 0.238 e. The summed E-state index contributed by atoms with van der Waals surface area (Å²) in [6.07, 6.45) is 0. The van der Waals surface area contributed by atoms with E-state index in [4.69, 9.17) is 16.1 Å². The molecule has 20 heavy (non-hydrogen) atoms. The second-order valence-corrected chi connectivity index (χ2v) is 6.57. The van der Waals surface area contributed by atoms with Gasteiger partial charge in [-0.25, -0.2) is 8.42 Å². The minimum Gasteiger partial charge on any atom is -0.505 e. The van der Waals surface area contributed by atoms with Crippen molar-refractivity contribution in [2.45, 2.75) is 19.6 Å². The van der Waals surface area contributed by atoms with Crippen molar-refractivity contribution in [3.63, 3.8) is 0 Å². The van der Waals surface area contributed by atoms with E-state index in [0.29, 0.717) is 16.3 Å². The molecule has 8 heteroatoms. The zero-order valence-corrected chi connectivity index (χ0v) is 12.4. The van der Waals surface area contributed by atoms with E-state index in [1.807, 2.05) is 0 Å². The number of hydrogen-bond donors (Lipinski definition) is 2. The van der Waals surface area contributed by atoms with Gasteiger partial charge >= 0.3 is 0 Å². The molecule has 1 aromatic heterocycles. The molecule has 0 aliphatic rings. The molecule has 0 aliphatic heterocycles. The number of aryl methyl sites for hydroxylation is 2. The predicted molar refractivity (Wildman–Crippen MR) is 75.3 cm³/mol. The summed E-state index contributed by atoms with van der Waals surface area (Å²) in [4.78, 5) is 0. The third kappa shape index (κ3) is 3.43. The fourth-order valence-electron chi connectivity index (χ4n) is 1.70. The highest BCUT2D eigenvalue weighted by molar-refractivity contribution is 7.91. The van der Waals surface area contributed by atoms with Crippen LogP contribution in [0.5, 0.6) is 5.75 Å². The third-order valence-corrected chi connectivity index (χ3v) is 3.97. The van der Waals surface area contributed by atoms with Crippen LogP contribution in [-0.2, 0) is 15.8 Å². The Morgan fingerprint density at radius 3 is 2.65 bits per heavy atom. The number of phenols is 1. The Morgan fingerprint density at radius 1 is 1.35 bits per heavy atom. The molecule has 6 nitrogen and oxygen atoms in total. The fraction of sp³-hybridized carbons (Fsp3) is 0.250. The van der Waals surface area contributed by atoms with Crippen molar-refractivity contribution in [2.24, 2.45) is 0 Å². The number of sulfonamides is 1. The maximum atomic E-state index is 12.0. The first-order valence-electron chi connectivity index (χ1n) is 5.68. The Balaban J connectivity index is 2.24. The summed E-state index contributed by atoms with van der Waals surface area (Å²) in [5.74, 6) is 0.0148. The van der Waals surface area contributed by atoms with E-state index in [1.54, 1.807) is 13.8 Å². The minimum absolute atomic E-state index is 0.0372. The minimum atomic E-state index is -3.72. The van der Waals surface area contributed by atoms with Crippen LogP contribution in [0.1, 0.15) is 17.0 Å². The molecule has 0 bridgehead atoms. The van der Waals surface area contributed by atoms with Crippen LogP contribution in [0.15, 0.2) is 22.7 Å². The largest absolute Gasteiger partial charge is 0.505 e. The quantitative estimate of drug-likeness (QED) is 0.846. The van der Waals surface area contributed by atoms with E-state index in [9.17, 15) is 13.5 Å². The van der Waals surface area contributed by atoms with E-state index in [0.717, 1.165) is 0 Å². The van der Waals surface area contributed by atoms with Crippen LogP contribution in [0.3, 0.4) is 0 Å². The Labute approximate surface area is 121 Å². The summed E-state index contributed by atoms with van der Waals surface area (Å²) < 4.78 is 31.1. The molecule has 0 spiro atoms. The zero-order valence-electron chi connectivity index (χ0n) is 10.8. The van der Waals surface area contributed by atoms with Gasteiger partial charge in [-0.2, -0.15) is 0 Å². The molecule has 0 saturated heterocycles. The second kappa shape index (κ2) is 5.34. The fourth-order valence-corrected chi connectivity index (χ4v) is 3.06. The average molecular weight is 317 g/mol. The van der Waals surface area contributed by atoms with Crippen LogP contribution >= 0.6 is 11.6 Å². The van der Waals surface area contributed by atoms with Crippen molar-refractivity contribution in [2.75, 3.05) is 4.72 Å². The summed E-state index contributed by atoms with van der Waals surface area (Å²) in [7, 11) is -3.72. The standard InChI is InChI=1S/C12H13ClN2O4S/c1-7-3-9(13)5-11(12(7)16)15-20(17,18)6-10-4-8(2)19-14-10/h3-5,15-16H,6H2,1-2H3. The third-order valence-electron chi connectivity index (χ3n) is 2.55. The lowest BCUT2D eigenvalue weighted by Crippen LogP contribution is -2.15. The van der Waals surface area contributed by atoms with Crippen molar-refractivity contribution in [1.82, 2.24) is 5.16 Å². The van der Waals surface area contributed by atoms with Gasteiger partial charge in [-0.3, -0.25) is 4.72 Å². The molecule has 0 atom stereocenters. The molecule has 1 aromatic carbocycles. The summed E-state index contributed by atoms with van der Waals surface area (Å²) in [5, 5.41) is 13.8. The predicted octanol–water partition coefficient (Wildman–Crippen LogP) is 2.59. The Hall–Kier alpha value is -1.73. The van der Waals surface area contributed by atoms with E-state index in [-0.39, 0.29) is 22.9 Å². The number of benzene rings is 1. The first kappa shape index (κ1) is 14.7. The van der Waals surface area contributed by atoms with Gasteiger partial charge in [0.05, 0.1) is 5.69 Å². The highest BCUT2D eigenvalue weighted by Gasteiger charge is 2.17. The molecule has 2 N–H and O–H groups in total. The number of nitrogens with zero attached hydrogens (tertiary/aromatic N) is 1. The molecule has 0 radical (unpaired) electrons. The van der Waals surface area contributed by atoms with Gasteiger partial charge in [0.2, 0.25) is 10.0 Å². The van der Waals surface area contributed by atoms with Gasteiger partial charge in [-0.05, 0) is 31.5 Å². The second-order valence-electron chi connectivity index (χ2n) is 4.41. The van der Waals surface area contributed by atoms with E-state index in [2.05, 4.69) is 9.88 Å². The lowest BCUT2D eigenvalue weighted by molar-refractivity contribution is 0.392. The van der Waals surface area contributed by atoms with Crippen molar-refractivity contribution < 1.29 is 18.0 Å². The van der Waals surface area contributed by atoms with Crippen molar-refractivity contribution in [3.05, 3.63) is 40.2 Å². The number of rotatable bonds is 4. The maximum absolute atomic E-state index is 12.0. The van der Waals surface area contributed by atoms with Gasteiger partial charge in [-0.15, -0.1) is 0 Å². The molecule has 0 unspecified atom stereocenters. The highest BCUT2D eigenvalue weighted by Crippen LogP contribution is 2.31. The SMILES string of the molecule is Cc1cc(CS(=O)(=O)Nc2cc(Cl)cc(C)c2O)no1. The van der Waals surface area contributed by atoms with Gasteiger partial charge in [0, 0.05) is 11.1 Å². The molecule has 0 amide bonds. The number of nitrogens with one attached hydrogen (secondary N) is 1. The molecule has 1 heterocycles. The zero-order chi connectivity index (χ0) is 14.9. The van der Waals surface area contributed by atoms with Crippen LogP contribution < -0.4 is 4.72 Å². The first-order chi connectivity index (χ1) is 9.27. The number of halogens is 1. The van der Waals surface area contributed by atoms with Crippen molar-refractivity contribution in [1.29, 1.82) is 0 Å². The molecular weight excluding hydrogens is 304 g/mol. The smallest absolute Gasteiger partial charge is 0.238 e. The summed E-state index contributed by atoms with van der Waals surface area (Å²) >= 11 is 5.84. The van der Waals surface area contributed by atoms with Gasteiger partial charge in [0.15, 0.2) is 0 Å². The molecule has 0 fully saturated rings. The molecule has 0 aliphatic carbocycles. The van der Waals surface area contributed by atoms with Gasteiger partial charge < -0.3 is 9.63 Å². The van der Waals surface area contributed by atoms with Crippen LogP contribution in [0.2, 0.25) is 5.02 Å². The molecular formula is C12H13ClN2O4S. The summed E-state index contributed by atoms with van der Waals surface area (Å²) in [6, 6.07) is 4.41. The normalized spacial score (nSPS) is 11.6. The Kier molecular flexibility index (Phi) is 3.92. The van der Waals surface area contributed by atoms with Crippen LogP contribution in [0.4, 0.5) is 5.69 Å². The van der Waals surface area contributed by atoms with Gasteiger partial charge in [0.1, 0.15) is 23.0 Å². The number of aromatic nitrogens is 1. The topological polar surface area (TPSA) is 92.4 Å². The van der Waals surface area contributed by atoms with Crippen molar-refractivity contribution >= 4 is 27.3 Å². The van der Waals surface area contributed by atoms with Crippen LogP contribution in [0, 0.1) is 13.8 Å². The van der Waals surface area contributed by atoms with E-state index < -0.39 is 10.0 Å². The van der Waals surface area contributed by atoms with Gasteiger partial charge in [-0.1, -0.05) is 16.8 Å². The molecule has 0 saturated carbocycles. The molecule has 2 rings (SSSR count). The highest BCUT2D eigenvalue weighted by atomic mass is 35.5. The lowest BCUT2D eigenvalue weighted by Gasteiger charge is -2.10. The number of aromatic hydroxyl groups is 1. The number of hydrogen-bond acceptors (Lipinski definition) is 5. The van der Waals surface area contributed by atoms with E-state index >= 15 is 0 Å². The van der Waals surface area contributed by atoms with Crippen LogP contribution in [0.25, 0.3) is 0 Å². The first-order valence-corrected chi connectivity index (χ1v) is 7.71. The average Bonchev–Trinajstić information content (AvgIpc) is 2.69. The Morgan fingerprint density at radius 2 is 2.05 bits per heavy atom. The number of anilines is 1. The Bertz CT molecular complexity index is 740. The summed E-state index contributed by atoms with van der Waals surface area (Å²) in [5.41, 5.74) is 0.802. The van der Waals surface area contributed by atoms with E-state index in [1.165, 1.54) is 18.2 Å². The molecule has 108 valence electrons. The van der Waals surface area contributed by atoms with Crippen molar-refractivity contribution in [3.8, 4) is 5.75 Å². The van der Waals surface area contributed by atoms with Crippen LogP contribution in [-0.4, -0.2) is 18.7 Å². The monoisotopic (exact) mass is 316 g/mol. The molecule has 2 aromatic rings. The number of phenolic OH excluding ortho intramolecular Hbond substituents is 1. The van der Waals surface area contributed by atoms with Gasteiger partial charge in [0.25, 0.3) is 0 Å².